The smallest absolute Gasteiger partial charge is 0.375 e. The van der Waals surface area contributed by atoms with E-state index >= 15 is 0 Å². The van der Waals surface area contributed by atoms with Gasteiger partial charge in [0.1, 0.15) is 6.61 Å². The maximum atomic E-state index is 12.0. The standard InChI is InChI=1S/C18H18O3/c1-14(12-15-8-4-2-5-9-15)17(19)18(20)21-13-16-10-6-3-7-11-16/h2-11,14H,12-13H2,1H3. The van der Waals surface area contributed by atoms with E-state index in [0.717, 1.165) is 11.1 Å². The van der Waals surface area contributed by atoms with Crippen LogP contribution in [0.25, 0.3) is 0 Å². The minimum absolute atomic E-state index is 0.128. The van der Waals surface area contributed by atoms with Crippen LogP contribution in [0.1, 0.15) is 18.1 Å². The van der Waals surface area contributed by atoms with Gasteiger partial charge in [0.25, 0.3) is 0 Å². The van der Waals surface area contributed by atoms with Gasteiger partial charge in [-0.05, 0) is 17.5 Å². The molecule has 0 amide bonds. The number of Topliss-reactive ketones (excluding diaryl/α,β-unsaturated/α-hetero) is 1. The summed E-state index contributed by atoms with van der Waals surface area (Å²) in [6.45, 7) is 1.88. The highest BCUT2D eigenvalue weighted by atomic mass is 16.5. The van der Waals surface area contributed by atoms with Gasteiger partial charge in [-0.15, -0.1) is 0 Å². The van der Waals surface area contributed by atoms with Gasteiger partial charge in [0, 0.05) is 5.92 Å². The zero-order valence-corrected chi connectivity index (χ0v) is 12.0. The van der Waals surface area contributed by atoms with Crippen LogP contribution >= 0.6 is 0 Å². The van der Waals surface area contributed by atoms with Gasteiger partial charge < -0.3 is 4.74 Å². The van der Waals surface area contributed by atoms with Crippen molar-refractivity contribution in [2.24, 2.45) is 5.92 Å². The SMILES string of the molecule is CC(Cc1ccccc1)C(=O)C(=O)OCc1ccccc1. The molecule has 0 spiro atoms. The van der Waals surface area contributed by atoms with Crippen LogP contribution < -0.4 is 0 Å². The number of ketones is 1. The number of carbonyl (C=O) groups is 2. The van der Waals surface area contributed by atoms with Crippen LogP contribution in [0.4, 0.5) is 0 Å². The molecule has 3 nitrogen and oxygen atoms in total. The normalized spacial score (nSPS) is 11.7. The fourth-order valence-corrected chi connectivity index (χ4v) is 2.06. The largest absolute Gasteiger partial charge is 0.455 e. The molecule has 0 N–H and O–H groups in total. The summed E-state index contributed by atoms with van der Waals surface area (Å²) in [5.74, 6) is -1.62. The molecule has 3 heteroatoms. The predicted octanol–water partition coefficient (Wildman–Crippen LogP) is 3.18. The van der Waals surface area contributed by atoms with Crippen LogP contribution in [0.2, 0.25) is 0 Å². The van der Waals surface area contributed by atoms with Crippen molar-refractivity contribution < 1.29 is 14.3 Å². The van der Waals surface area contributed by atoms with Gasteiger partial charge in [-0.3, -0.25) is 4.79 Å². The predicted molar refractivity (Wildman–Crippen MR) is 80.6 cm³/mol. The van der Waals surface area contributed by atoms with Crippen LogP contribution in [0, 0.1) is 5.92 Å². The van der Waals surface area contributed by atoms with Crippen molar-refractivity contribution in [1.29, 1.82) is 0 Å². The fourth-order valence-electron chi connectivity index (χ4n) is 2.06. The average molecular weight is 282 g/mol. The second-order valence-corrected chi connectivity index (χ2v) is 5.02. The van der Waals surface area contributed by atoms with Crippen LogP contribution in [0.3, 0.4) is 0 Å². The van der Waals surface area contributed by atoms with Crippen LogP contribution in [0.5, 0.6) is 0 Å². The third kappa shape index (κ3) is 4.56. The molecule has 2 aromatic carbocycles. The Balaban J connectivity index is 1.85. The molecule has 0 bridgehead atoms. The van der Waals surface area contributed by atoms with E-state index in [0.29, 0.717) is 6.42 Å². The molecule has 0 saturated heterocycles. The first-order valence-corrected chi connectivity index (χ1v) is 6.95. The molecule has 21 heavy (non-hydrogen) atoms. The van der Waals surface area contributed by atoms with E-state index in [1.165, 1.54) is 0 Å². The molecule has 0 aromatic heterocycles. The number of ether oxygens (including phenoxy) is 1. The molecule has 0 saturated carbocycles. The topological polar surface area (TPSA) is 43.4 Å². The molecule has 2 rings (SSSR count). The summed E-state index contributed by atoms with van der Waals surface area (Å²) in [6.07, 6.45) is 0.542. The third-order valence-corrected chi connectivity index (χ3v) is 3.25. The Morgan fingerprint density at radius 2 is 1.43 bits per heavy atom. The lowest BCUT2D eigenvalue weighted by Crippen LogP contribution is -2.25. The Hall–Kier alpha value is -2.42. The van der Waals surface area contributed by atoms with Crippen molar-refractivity contribution in [3.05, 3.63) is 71.8 Å². The Morgan fingerprint density at radius 1 is 0.905 bits per heavy atom. The molecule has 108 valence electrons. The summed E-state index contributed by atoms with van der Waals surface area (Å²) < 4.78 is 5.06. The highest BCUT2D eigenvalue weighted by Gasteiger charge is 2.23. The van der Waals surface area contributed by atoms with E-state index in [-0.39, 0.29) is 12.5 Å². The molecule has 0 radical (unpaired) electrons. The summed E-state index contributed by atoms with van der Waals surface area (Å²) in [4.78, 5) is 23.8. The van der Waals surface area contributed by atoms with Gasteiger partial charge in [-0.1, -0.05) is 67.6 Å². The van der Waals surface area contributed by atoms with Gasteiger partial charge in [-0.25, -0.2) is 4.79 Å². The van der Waals surface area contributed by atoms with E-state index in [9.17, 15) is 9.59 Å². The first kappa shape index (κ1) is 15.0. The second kappa shape index (κ2) is 7.39. The molecular weight excluding hydrogens is 264 g/mol. The van der Waals surface area contributed by atoms with E-state index in [1.54, 1.807) is 6.92 Å². The average Bonchev–Trinajstić information content (AvgIpc) is 2.53. The molecule has 1 unspecified atom stereocenters. The fraction of sp³-hybridized carbons (Fsp3) is 0.222. The maximum Gasteiger partial charge on any atom is 0.375 e. The van der Waals surface area contributed by atoms with Crippen LogP contribution in [0.15, 0.2) is 60.7 Å². The molecular formula is C18H18O3. The highest BCUT2D eigenvalue weighted by molar-refractivity contribution is 6.34. The molecule has 0 heterocycles. The number of rotatable bonds is 6. The van der Waals surface area contributed by atoms with Crippen molar-refractivity contribution >= 4 is 11.8 Å². The van der Waals surface area contributed by atoms with Gasteiger partial charge in [0.15, 0.2) is 0 Å². The van der Waals surface area contributed by atoms with E-state index < -0.39 is 11.8 Å². The summed E-state index contributed by atoms with van der Waals surface area (Å²) in [6, 6.07) is 19.0. The lowest BCUT2D eigenvalue weighted by Gasteiger charge is -2.10. The van der Waals surface area contributed by atoms with E-state index in [2.05, 4.69) is 0 Å². The van der Waals surface area contributed by atoms with Crippen LogP contribution in [-0.2, 0) is 27.4 Å². The highest BCUT2D eigenvalue weighted by Crippen LogP contribution is 2.10. The second-order valence-electron chi connectivity index (χ2n) is 5.02. The first-order chi connectivity index (χ1) is 10.2. The summed E-state index contributed by atoms with van der Waals surface area (Å²) in [5, 5.41) is 0. The minimum Gasteiger partial charge on any atom is -0.455 e. The van der Waals surface area contributed by atoms with Gasteiger partial charge in [0.05, 0.1) is 0 Å². The van der Waals surface area contributed by atoms with Crippen LogP contribution in [-0.4, -0.2) is 11.8 Å². The van der Waals surface area contributed by atoms with Crippen molar-refractivity contribution in [3.8, 4) is 0 Å². The van der Waals surface area contributed by atoms with Gasteiger partial charge in [0.2, 0.25) is 5.78 Å². The lowest BCUT2D eigenvalue weighted by molar-refractivity contribution is -0.156. The zero-order chi connectivity index (χ0) is 15.1. The summed E-state index contributed by atoms with van der Waals surface area (Å²) in [7, 11) is 0. The summed E-state index contributed by atoms with van der Waals surface area (Å²) in [5.41, 5.74) is 1.91. The third-order valence-electron chi connectivity index (χ3n) is 3.25. The molecule has 1 atom stereocenters. The van der Waals surface area contributed by atoms with E-state index in [4.69, 9.17) is 4.74 Å². The maximum absolute atomic E-state index is 12.0. The Labute approximate surface area is 124 Å². The Kier molecular flexibility index (Phi) is 5.27. The number of hydrogen-bond acceptors (Lipinski definition) is 3. The molecule has 0 aliphatic rings. The zero-order valence-electron chi connectivity index (χ0n) is 12.0. The van der Waals surface area contributed by atoms with Gasteiger partial charge >= 0.3 is 5.97 Å². The molecule has 2 aromatic rings. The Bertz CT molecular complexity index is 590. The molecule has 0 aliphatic heterocycles. The number of carbonyl (C=O) groups excluding carboxylic acids is 2. The first-order valence-electron chi connectivity index (χ1n) is 6.95. The summed E-state index contributed by atoms with van der Waals surface area (Å²) >= 11 is 0. The monoisotopic (exact) mass is 282 g/mol. The Morgan fingerprint density at radius 3 is 2.00 bits per heavy atom. The molecule has 0 fully saturated rings. The molecule has 0 aliphatic carbocycles. The van der Waals surface area contributed by atoms with Gasteiger partial charge in [-0.2, -0.15) is 0 Å². The number of benzene rings is 2. The lowest BCUT2D eigenvalue weighted by atomic mass is 9.97. The van der Waals surface area contributed by atoms with Crippen molar-refractivity contribution in [2.45, 2.75) is 20.0 Å². The minimum atomic E-state index is -0.762. The van der Waals surface area contributed by atoms with E-state index in [1.807, 2.05) is 60.7 Å². The van der Waals surface area contributed by atoms with Crippen molar-refractivity contribution in [2.75, 3.05) is 0 Å². The van der Waals surface area contributed by atoms with Crippen molar-refractivity contribution in [1.82, 2.24) is 0 Å². The van der Waals surface area contributed by atoms with Crippen molar-refractivity contribution in [3.63, 3.8) is 0 Å². The quantitative estimate of drug-likeness (QED) is 0.603. The number of hydrogen-bond donors (Lipinski definition) is 0. The number of esters is 1.